The molecule has 39 heavy (non-hydrogen) atoms. The van der Waals surface area contributed by atoms with Gasteiger partial charge in [-0.15, -0.1) is 0 Å². The number of hydrogen-bond donors (Lipinski definition) is 1. The Labute approximate surface area is 232 Å². The molecule has 7 nitrogen and oxygen atoms in total. The highest BCUT2D eigenvalue weighted by molar-refractivity contribution is 6.15. The summed E-state index contributed by atoms with van der Waals surface area (Å²) in [5.41, 5.74) is 2.41. The summed E-state index contributed by atoms with van der Waals surface area (Å²) in [5, 5.41) is 0. The van der Waals surface area contributed by atoms with Crippen LogP contribution in [-0.4, -0.2) is 42.3 Å². The van der Waals surface area contributed by atoms with E-state index in [1.165, 1.54) is 7.11 Å². The van der Waals surface area contributed by atoms with Crippen LogP contribution in [0.2, 0.25) is 0 Å². The van der Waals surface area contributed by atoms with E-state index in [0.29, 0.717) is 6.42 Å². The SMILES string of the molecule is COC(=O)[C@]12CCC(C)(C)C[C@H]1[C@H]1C(=O)C=C3[C@]4(C)[C@@H](CC[C@@]3(C)[C@]1(C)CC2)C(C)(C)C(=O)[C@]1(C(N)=O)O[C@@H]14. The topological polar surface area (TPSA) is 116 Å². The molecule has 1 amide bonds. The van der Waals surface area contributed by atoms with Crippen LogP contribution in [0.4, 0.5) is 0 Å². The molecule has 1 aliphatic heterocycles. The predicted molar refractivity (Wildman–Crippen MR) is 144 cm³/mol. The van der Waals surface area contributed by atoms with Crippen molar-refractivity contribution in [2.75, 3.05) is 7.11 Å². The minimum absolute atomic E-state index is 0.0337. The molecule has 0 aromatic rings. The highest BCUT2D eigenvalue weighted by Gasteiger charge is 2.84. The number of fused-ring (bicyclic) bond motifs is 9. The third-order valence-corrected chi connectivity index (χ3v) is 13.5. The molecule has 9 atom stereocenters. The molecule has 0 bridgehead atoms. The van der Waals surface area contributed by atoms with E-state index < -0.39 is 33.9 Å². The second kappa shape index (κ2) is 7.43. The fraction of sp³-hybridized carbons (Fsp3) is 0.812. The molecule has 2 N–H and O–H groups in total. The number of primary amides is 1. The van der Waals surface area contributed by atoms with Crippen molar-refractivity contribution in [1.29, 1.82) is 0 Å². The Kier molecular flexibility index (Phi) is 5.17. The summed E-state index contributed by atoms with van der Waals surface area (Å²) in [6.45, 7) is 15.0. The predicted octanol–water partition coefficient (Wildman–Crippen LogP) is 4.55. The van der Waals surface area contributed by atoms with E-state index in [0.717, 1.165) is 44.1 Å². The third kappa shape index (κ3) is 2.84. The summed E-state index contributed by atoms with van der Waals surface area (Å²) in [6, 6.07) is 0. The molecule has 6 rings (SSSR count). The van der Waals surface area contributed by atoms with Crippen molar-refractivity contribution >= 4 is 23.4 Å². The maximum absolute atomic E-state index is 14.5. The number of ketones is 2. The fourth-order valence-corrected chi connectivity index (χ4v) is 11.2. The Hall–Kier alpha value is -2.02. The lowest BCUT2D eigenvalue weighted by Crippen LogP contribution is -2.68. The normalized spacial score (nSPS) is 50.7. The van der Waals surface area contributed by atoms with E-state index in [-0.39, 0.29) is 51.5 Å². The first-order valence-corrected chi connectivity index (χ1v) is 14.8. The van der Waals surface area contributed by atoms with Crippen LogP contribution in [0.15, 0.2) is 11.6 Å². The molecule has 0 aromatic carbocycles. The smallest absolute Gasteiger partial charge is 0.312 e. The Morgan fingerprint density at radius 3 is 2.23 bits per heavy atom. The number of rotatable bonds is 2. The van der Waals surface area contributed by atoms with Gasteiger partial charge in [-0.25, -0.2) is 0 Å². The molecule has 5 fully saturated rings. The summed E-state index contributed by atoms with van der Waals surface area (Å²) in [7, 11) is 1.47. The molecule has 214 valence electrons. The number of Topliss-reactive ketones (excluding diaryl/α,β-unsaturated/α-hetero) is 1. The molecule has 1 heterocycles. The summed E-state index contributed by atoms with van der Waals surface area (Å²) in [4.78, 5) is 54.3. The van der Waals surface area contributed by atoms with Crippen molar-refractivity contribution in [2.45, 2.75) is 105 Å². The standard InChI is InChI=1S/C32H45NO6/c1-26(2)11-13-31(25(37)38-8)14-12-29(6)21(17(31)16-26)18(34)15-20-28(29,5)10-9-19-27(3,4)22(35)32(24(33)36)23(39-32)30(19,20)7/h15,17,19,21,23H,9-14,16H2,1-8H3,(H2,33,36)/t17-,19-,21-,23+,28+,29+,30-,31-,32-/m0/s1. The van der Waals surface area contributed by atoms with E-state index in [1.807, 2.05) is 19.9 Å². The highest BCUT2D eigenvalue weighted by Crippen LogP contribution is 2.77. The van der Waals surface area contributed by atoms with E-state index in [4.69, 9.17) is 15.2 Å². The molecule has 0 spiro atoms. The summed E-state index contributed by atoms with van der Waals surface area (Å²) in [6.07, 6.45) is 6.79. The minimum Gasteiger partial charge on any atom is -0.469 e. The van der Waals surface area contributed by atoms with E-state index in [1.54, 1.807) is 0 Å². The van der Waals surface area contributed by atoms with Crippen LogP contribution in [-0.2, 0) is 28.7 Å². The number of hydrogen-bond acceptors (Lipinski definition) is 6. The van der Waals surface area contributed by atoms with Crippen molar-refractivity contribution < 1.29 is 28.7 Å². The van der Waals surface area contributed by atoms with Crippen molar-refractivity contribution in [3.8, 4) is 0 Å². The molecular formula is C32H45NO6. The van der Waals surface area contributed by atoms with Crippen LogP contribution < -0.4 is 5.73 Å². The van der Waals surface area contributed by atoms with Crippen LogP contribution in [0.1, 0.15) is 93.4 Å². The number of methoxy groups -OCH3 is 1. The third-order valence-electron chi connectivity index (χ3n) is 13.5. The van der Waals surface area contributed by atoms with E-state index >= 15 is 0 Å². The number of nitrogens with two attached hydrogens (primary N) is 1. The number of epoxide rings is 1. The summed E-state index contributed by atoms with van der Waals surface area (Å²) in [5.74, 6) is -1.51. The largest absolute Gasteiger partial charge is 0.469 e. The number of carbonyl (C=O) groups is 4. The first-order valence-electron chi connectivity index (χ1n) is 14.8. The van der Waals surface area contributed by atoms with E-state index in [9.17, 15) is 19.2 Å². The van der Waals surface area contributed by atoms with Crippen LogP contribution >= 0.6 is 0 Å². The molecule has 0 radical (unpaired) electrons. The van der Waals surface area contributed by atoms with Crippen molar-refractivity contribution in [1.82, 2.24) is 0 Å². The molecule has 0 unspecified atom stereocenters. The first-order chi connectivity index (χ1) is 17.9. The average Bonchev–Trinajstić information content (AvgIpc) is 3.62. The number of amides is 1. The van der Waals surface area contributed by atoms with Gasteiger partial charge in [-0.05, 0) is 79.1 Å². The zero-order chi connectivity index (χ0) is 28.8. The summed E-state index contributed by atoms with van der Waals surface area (Å²) < 4.78 is 11.5. The number of carbonyl (C=O) groups excluding carboxylic acids is 4. The van der Waals surface area contributed by atoms with Crippen molar-refractivity contribution in [3.63, 3.8) is 0 Å². The second-order valence-electron chi connectivity index (χ2n) is 15.8. The van der Waals surface area contributed by atoms with Crippen LogP contribution in [0.25, 0.3) is 0 Å². The second-order valence-corrected chi connectivity index (χ2v) is 15.8. The fourth-order valence-electron chi connectivity index (χ4n) is 11.2. The minimum atomic E-state index is -1.62. The monoisotopic (exact) mass is 539 g/mol. The number of esters is 1. The number of allylic oxidation sites excluding steroid dienone is 1. The van der Waals surface area contributed by atoms with Gasteiger partial charge in [0.15, 0.2) is 11.6 Å². The van der Waals surface area contributed by atoms with Gasteiger partial charge in [-0.1, -0.05) is 54.0 Å². The highest BCUT2D eigenvalue weighted by atomic mass is 16.6. The Bertz CT molecular complexity index is 1250. The van der Waals surface area contributed by atoms with Gasteiger partial charge < -0.3 is 15.2 Å². The molecular weight excluding hydrogens is 494 g/mol. The Balaban J connectivity index is 1.53. The van der Waals surface area contributed by atoms with Crippen molar-refractivity contribution in [3.05, 3.63) is 11.6 Å². The van der Waals surface area contributed by atoms with Gasteiger partial charge in [0, 0.05) is 16.7 Å². The Morgan fingerprint density at radius 2 is 1.62 bits per heavy atom. The molecule has 4 saturated carbocycles. The Morgan fingerprint density at radius 1 is 0.974 bits per heavy atom. The van der Waals surface area contributed by atoms with Gasteiger partial charge in [0.2, 0.25) is 5.60 Å². The van der Waals surface area contributed by atoms with Crippen LogP contribution in [0, 0.1) is 50.2 Å². The van der Waals surface area contributed by atoms with Crippen LogP contribution in [0.5, 0.6) is 0 Å². The molecule has 1 saturated heterocycles. The van der Waals surface area contributed by atoms with Gasteiger partial charge in [0.25, 0.3) is 5.91 Å². The molecule has 5 aliphatic carbocycles. The maximum atomic E-state index is 14.5. The zero-order valence-corrected chi connectivity index (χ0v) is 24.9. The lowest BCUT2D eigenvalue weighted by Gasteiger charge is -2.69. The van der Waals surface area contributed by atoms with Gasteiger partial charge in [0.1, 0.15) is 6.10 Å². The summed E-state index contributed by atoms with van der Waals surface area (Å²) >= 11 is 0. The van der Waals surface area contributed by atoms with Crippen molar-refractivity contribution in [2.24, 2.45) is 56.0 Å². The van der Waals surface area contributed by atoms with Gasteiger partial charge in [0.05, 0.1) is 12.5 Å². The molecule has 0 aromatic heterocycles. The van der Waals surface area contributed by atoms with Gasteiger partial charge in [-0.2, -0.15) is 0 Å². The number of ether oxygens (including phenoxy) is 2. The van der Waals surface area contributed by atoms with Gasteiger partial charge >= 0.3 is 5.97 Å². The van der Waals surface area contributed by atoms with E-state index in [2.05, 4.69) is 34.6 Å². The lowest BCUT2D eigenvalue weighted by atomic mass is 9.33. The zero-order valence-electron chi connectivity index (χ0n) is 24.9. The quantitative estimate of drug-likeness (QED) is 0.313. The maximum Gasteiger partial charge on any atom is 0.312 e. The lowest BCUT2D eigenvalue weighted by molar-refractivity contribution is -0.192. The molecule has 7 heteroatoms. The molecule has 6 aliphatic rings. The van der Waals surface area contributed by atoms with Gasteiger partial charge in [-0.3, -0.25) is 19.2 Å². The first kappa shape index (κ1) is 27.2. The van der Waals surface area contributed by atoms with Crippen LogP contribution in [0.3, 0.4) is 0 Å². The average molecular weight is 540 g/mol.